The topological polar surface area (TPSA) is 65.4 Å². The Morgan fingerprint density at radius 3 is 2.50 bits per heavy atom. The number of amides is 1. The summed E-state index contributed by atoms with van der Waals surface area (Å²) in [5, 5.41) is 11.8. The number of alkyl carbamates (subject to hydrolysis) is 1. The molecule has 5 nitrogen and oxygen atoms in total. The van der Waals surface area contributed by atoms with E-state index in [2.05, 4.69) is 16.3 Å². The number of nitrogens with one attached hydrogen (secondary N) is 1. The first-order valence-electron chi connectivity index (χ1n) is 6.53. The van der Waals surface area contributed by atoms with Crippen molar-refractivity contribution in [3.63, 3.8) is 0 Å². The summed E-state index contributed by atoms with van der Waals surface area (Å²) in [4.78, 5) is 13.6. The van der Waals surface area contributed by atoms with E-state index in [9.17, 15) is 4.79 Å². The fraction of sp³-hybridized carbons (Fsp3) is 0.846. The smallest absolute Gasteiger partial charge is 0.407 e. The van der Waals surface area contributed by atoms with Crippen molar-refractivity contribution in [1.82, 2.24) is 10.2 Å². The van der Waals surface area contributed by atoms with Gasteiger partial charge in [0.2, 0.25) is 0 Å². The molecule has 1 amide bonds. The number of ether oxygens (including phenoxy) is 1. The van der Waals surface area contributed by atoms with Crippen molar-refractivity contribution < 1.29 is 9.53 Å². The highest BCUT2D eigenvalue weighted by atomic mass is 16.6. The van der Waals surface area contributed by atoms with Gasteiger partial charge >= 0.3 is 6.09 Å². The lowest BCUT2D eigenvalue weighted by Crippen LogP contribution is -2.46. The number of nitrogens with zero attached hydrogens (tertiary/aromatic N) is 2. The predicted molar refractivity (Wildman–Crippen MR) is 69.1 cm³/mol. The van der Waals surface area contributed by atoms with Gasteiger partial charge in [0.15, 0.2) is 0 Å². The van der Waals surface area contributed by atoms with Gasteiger partial charge in [-0.1, -0.05) is 6.42 Å². The van der Waals surface area contributed by atoms with E-state index in [4.69, 9.17) is 10.00 Å². The van der Waals surface area contributed by atoms with Crippen molar-refractivity contribution in [3.8, 4) is 6.07 Å². The van der Waals surface area contributed by atoms with E-state index in [0.717, 1.165) is 25.9 Å². The van der Waals surface area contributed by atoms with Gasteiger partial charge in [0.25, 0.3) is 0 Å². The molecule has 0 aromatic heterocycles. The second-order valence-corrected chi connectivity index (χ2v) is 5.62. The van der Waals surface area contributed by atoms with Crippen LogP contribution in [0.5, 0.6) is 0 Å². The third kappa shape index (κ3) is 5.37. The molecule has 1 aliphatic heterocycles. The van der Waals surface area contributed by atoms with Crippen LogP contribution >= 0.6 is 0 Å². The summed E-state index contributed by atoms with van der Waals surface area (Å²) in [6.07, 6.45) is 3.03. The largest absolute Gasteiger partial charge is 0.444 e. The van der Waals surface area contributed by atoms with Crippen LogP contribution in [0.1, 0.15) is 40.0 Å². The zero-order chi connectivity index (χ0) is 13.6. The van der Waals surface area contributed by atoms with Crippen molar-refractivity contribution in [1.29, 1.82) is 5.26 Å². The third-order valence-electron chi connectivity index (χ3n) is 2.82. The van der Waals surface area contributed by atoms with E-state index in [1.165, 1.54) is 6.42 Å². The molecule has 0 saturated carbocycles. The molecule has 1 rings (SSSR count). The Bertz CT molecular complexity index is 311. The number of likely N-dealkylation sites (tertiary alicyclic amines) is 1. The van der Waals surface area contributed by atoms with Crippen LogP contribution in [0.15, 0.2) is 0 Å². The molecule has 0 radical (unpaired) electrons. The Labute approximate surface area is 109 Å². The highest BCUT2D eigenvalue weighted by molar-refractivity contribution is 5.67. The Morgan fingerprint density at radius 1 is 1.39 bits per heavy atom. The van der Waals surface area contributed by atoms with Gasteiger partial charge in [0, 0.05) is 6.54 Å². The standard InChI is InChI=1S/C13H23N3O2/c1-13(2,3)18-12(17)15-10-11(9-14)16-7-5-4-6-8-16/h11H,4-8,10H2,1-3H3,(H,15,17). The first kappa shape index (κ1) is 14.8. The van der Waals surface area contributed by atoms with E-state index in [-0.39, 0.29) is 6.04 Å². The molecule has 1 unspecified atom stereocenters. The van der Waals surface area contributed by atoms with Crippen LogP contribution < -0.4 is 5.32 Å². The fourth-order valence-corrected chi connectivity index (χ4v) is 1.98. The highest BCUT2D eigenvalue weighted by Crippen LogP contribution is 2.12. The van der Waals surface area contributed by atoms with Gasteiger partial charge in [-0.2, -0.15) is 5.26 Å². The lowest BCUT2D eigenvalue weighted by Gasteiger charge is -2.30. The zero-order valence-electron chi connectivity index (χ0n) is 11.5. The average molecular weight is 253 g/mol. The first-order valence-corrected chi connectivity index (χ1v) is 6.53. The molecule has 5 heteroatoms. The number of hydrogen-bond acceptors (Lipinski definition) is 4. The Hall–Kier alpha value is -1.28. The molecule has 0 aliphatic carbocycles. The summed E-state index contributed by atoms with van der Waals surface area (Å²) in [5.74, 6) is 0. The summed E-state index contributed by atoms with van der Waals surface area (Å²) < 4.78 is 5.14. The SMILES string of the molecule is CC(C)(C)OC(=O)NCC(C#N)N1CCCCC1. The summed E-state index contributed by atoms with van der Waals surface area (Å²) >= 11 is 0. The molecule has 102 valence electrons. The van der Waals surface area contributed by atoms with Gasteiger partial charge in [0.05, 0.1) is 6.07 Å². The first-order chi connectivity index (χ1) is 8.42. The summed E-state index contributed by atoms with van der Waals surface area (Å²) in [7, 11) is 0. The lowest BCUT2D eigenvalue weighted by molar-refractivity contribution is 0.0512. The number of hydrogen-bond donors (Lipinski definition) is 1. The minimum Gasteiger partial charge on any atom is -0.444 e. The van der Waals surface area contributed by atoms with E-state index >= 15 is 0 Å². The molecule has 1 aliphatic rings. The van der Waals surface area contributed by atoms with Gasteiger partial charge in [0.1, 0.15) is 11.6 Å². The molecule has 0 bridgehead atoms. The molecule has 0 spiro atoms. The molecule has 1 N–H and O–H groups in total. The highest BCUT2D eigenvalue weighted by Gasteiger charge is 2.22. The number of nitriles is 1. The van der Waals surface area contributed by atoms with Crippen LogP contribution in [0.25, 0.3) is 0 Å². The van der Waals surface area contributed by atoms with Crippen LogP contribution in [0.3, 0.4) is 0 Å². The summed E-state index contributed by atoms with van der Waals surface area (Å²) in [5.41, 5.74) is -0.503. The average Bonchev–Trinajstić information content (AvgIpc) is 2.29. The van der Waals surface area contributed by atoms with E-state index in [0.29, 0.717) is 6.54 Å². The van der Waals surface area contributed by atoms with Gasteiger partial charge in [-0.3, -0.25) is 4.90 Å². The summed E-state index contributed by atoms with van der Waals surface area (Å²) in [6.45, 7) is 7.66. The molecule has 0 aromatic carbocycles. The molecule has 1 fully saturated rings. The maximum absolute atomic E-state index is 11.5. The number of carbonyl (C=O) groups excluding carboxylic acids is 1. The van der Waals surface area contributed by atoms with Gasteiger partial charge in [-0.25, -0.2) is 4.79 Å². The molecular weight excluding hydrogens is 230 g/mol. The number of piperidine rings is 1. The van der Waals surface area contributed by atoms with Crippen LogP contribution in [0, 0.1) is 11.3 Å². The number of carbonyl (C=O) groups is 1. The normalized spacial score (nSPS) is 18.8. The maximum Gasteiger partial charge on any atom is 0.407 e. The van der Waals surface area contributed by atoms with Crippen LogP contribution in [0.4, 0.5) is 4.79 Å². The van der Waals surface area contributed by atoms with Gasteiger partial charge in [-0.15, -0.1) is 0 Å². The molecule has 18 heavy (non-hydrogen) atoms. The molecule has 1 heterocycles. The number of rotatable bonds is 3. The Morgan fingerprint density at radius 2 is 2.00 bits per heavy atom. The van der Waals surface area contributed by atoms with E-state index in [1.807, 2.05) is 20.8 Å². The third-order valence-corrected chi connectivity index (χ3v) is 2.82. The fourth-order valence-electron chi connectivity index (χ4n) is 1.98. The van der Waals surface area contributed by atoms with Crippen molar-refractivity contribution in [2.75, 3.05) is 19.6 Å². The molecule has 0 aromatic rings. The van der Waals surface area contributed by atoms with Crippen molar-refractivity contribution >= 4 is 6.09 Å². The van der Waals surface area contributed by atoms with E-state index in [1.54, 1.807) is 0 Å². The Balaban J connectivity index is 2.35. The molecular formula is C13H23N3O2. The summed E-state index contributed by atoms with van der Waals surface area (Å²) in [6, 6.07) is 1.99. The van der Waals surface area contributed by atoms with E-state index < -0.39 is 11.7 Å². The predicted octanol–water partition coefficient (Wildman–Crippen LogP) is 1.89. The second-order valence-electron chi connectivity index (χ2n) is 5.62. The minimum atomic E-state index is -0.503. The Kier molecular flexibility index (Phi) is 5.42. The van der Waals surface area contributed by atoms with Crippen LogP contribution in [-0.2, 0) is 4.74 Å². The van der Waals surface area contributed by atoms with Crippen molar-refractivity contribution in [2.45, 2.75) is 51.7 Å². The quantitative estimate of drug-likeness (QED) is 0.834. The van der Waals surface area contributed by atoms with Crippen LogP contribution in [0.2, 0.25) is 0 Å². The monoisotopic (exact) mass is 253 g/mol. The second kappa shape index (κ2) is 6.60. The van der Waals surface area contributed by atoms with Gasteiger partial charge < -0.3 is 10.1 Å². The van der Waals surface area contributed by atoms with Crippen LogP contribution in [-0.4, -0.2) is 42.3 Å². The minimum absolute atomic E-state index is 0.252. The molecule has 1 atom stereocenters. The molecule has 1 saturated heterocycles. The maximum atomic E-state index is 11.5. The lowest BCUT2D eigenvalue weighted by atomic mass is 10.1. The zero-order valence-corrected chi connectivity index (χ0v) is 11.5. The van der Waals surface area contributed by atoms with Crippen molar-refractivity contribution in [2.24, 2.45) is 0 Å². The van der Waals surface area contributed by atoms with Crippen molar-refractivity contribution in [3.05, 3.63) is 0 Å². The van der Waals surface area contributed by atoms with Gasteiger partial charge in [-0.05, 0) is 46.7 Å².